The molecule has 0 fully saturated rings. The van der Waals surface area contributed by atoms with Crippen LogP contribution in [-0.4, -0.2) is 57.3 Å². The van der Waals surface area contributed by atoms with Gasteiger partial charge in [-0.25, -0.2) is 0 Å². The first-order valence-corrected chi connectivity index (χ1v) is 6.70. The summed E-state index contributed by atoms with van der Waals surface area (Å²) in [6, 6.07) is 0. The predicted octanol–water partition coefficient (Wildman–Crippen LogP) is 0.0574. The fraction of sp³-hybridized carbons (Fsp3) is 0.846. The molecular formula is C13H24O7. The van der Waals surface area contributed by atoms with Gasteiger partial charge in [0, 0.05) is 13.3 Å². The number of hydrogen-bond acceptors (Lipinski definition) is 6. The lowest BCUT2D eigenvalue weighted by atomic mass is 10.0. The topological polar surface area (TPSA) is 124 Å². The van der Waals surface area contributed by atoms with Crippen LogP contribution in [0.25, 0.3) is 0 Å². The highest BCUT2D eigenvalue weighted by molar-refractivity contribution is 5.67. The normalized spacial score (nSPS) is 15.4. The Balaban J connectivity index is 3.63. The summed E-state index contributed by atoms with van der Waals surface area (Å²) in [5, 5.41) is 37.0. The zero-order valence-electron chi connectivity index (χ0n) is 11.7. The zero-order valence-corrected chi connectivity index (χ0v) is 11.7. The van der Waals surface area contributed by atoms with Gasteiger partial charge in [-0.15, -0.1) is 0 Å². The van der Waals surface area contributed by atoms with Crippen molar-refractivity contribution in [3.8, 4) is 0 Å². The van der Waals surface area contributed by atoms with Gasteiger partial charge >= 0.3 is 11.9 Å². The predicted molar refractivity (Wildman–Crippen MR) is 70.0 cm³/mol. The maximum Gasteiger partial charge on any atom is 0.305 e. The second-order valence-electron chi connectivity index (χ2n) is 4.84. The molecule has 118 valence electrons. The Morgan fingerprint density at radius 2 is 1.35 bits per heavy atom. The monoisotopic (exact) mass is 292 g/mol. The first-order valence-electron chi connectivity index (χ1n) is 6.70. The molecule has 0 aromatic carbocycles. The van der Waals surface area contributed by atoms with Crippen molar-refractivity contribution >= 4 is 11.9 Å². The van der Waals surface area contributed by atoms with E-state index in [-0.39, 0.29) is 25.9 Å². The van der Waals surface area contributed by atoms with E-state index in [1.165, 1.54) is 6.92 Å². The van der Waals surface area contributed by atoms with Crippen molar-refractivity contribution in [2.75, 3.05) is 6.61 Å². The number of aliphatic hydroxyl groups is 3. The second-order valence-corrected chi connectivity index (χ2v) is 4.84. The molecule has 0 aromatic rings. The van der Waals surface area contributed by atoms with E-state index in [4.69, 9.17) is 5.11 Å². The molecule has 0 rings (SSSR count). The lowest BCUT2D eigenvalue weighted by molar-refractivity contribution is -0.142. The average Bonchev–Trinajstić information content (AvgIpc) is 2.32. The minimum atomic E-state index is -1.08. The van der Waals surface area contributed by atoms with E-state index in [2.05, 4.69) is 4.74 Å². The lowest BCUT2D eigenvalue weighted by Gasteiger charge is -2.15. The van der Waals surface area contributed by atoms with Gasteiger partial charge < -0.3 is 25.2 Å². The molecule has 0 amide bonds. The van der Waals surface area contributed by atoms with Crippen LogP contribution in [0.3, 0.4) is 0 Å². The number of carboxylic acid groups (broad SMARTS) is 1. The number of esters is 1. The summed E-state index contributed by atoms with van der Waals surface area (Å²) in [6.07, 6.45) is -1.14. The molecule has 0 saturated heterocycles. The van der Waals surface area contributed by atoms with E-state index in [0.717, 1.165) is 0 Å². The summed E-state index contributed by atoms with van der Waals surface area (Å²) in [4.78, 5) is 20.8. The molecule has 0 radical (unpaired) electrons. The molecule has 0 spiro atoms. The maximum absolute atomic E-state index is 10.5. The Hall–Kier alpha value is -1.18. The Kier molecular flexibility index (Phi) is 9.96. The first-order chi connectivity index (χ1) is 9.31. The maximum atomic E-state index is 10.5. The molecule has 4 N–H and O–H groups in total. The number of ether oxygens (including phenoxy) is 1. The SMILES string of the molecule is CC(=O)OCCC(O)CCC(O)CCC(O)CC(=O)O. The van der Waals surface area contributed by atoms with Crippen LogP contribution >= 0.6 is 0 Å². The van der Waals surface area contributed by atoms with Crippen LogP contribution in [0.4, 0.5) is 0 Å². The van der Waals surface area contributed by atoms with Crippen LogP contribution in [0.2, 0.25) is 0 Å². The summed E-state index contributed by atoms with van der Waals surface area (Å²) in [6.45, 7) is 1.43. The van der Waals surface area contributed by atoms with Crippen molar-refractivity contribution in [1.82, 2.24) is 0 Å². The molecule has 0 aromatic heterocycles. The highest BCUT2D eigenvalue weighted by atomic mass is 16.5. The van der Waals surface area contributed by atoms with Crippen molar-refractivity contribution in [2.24, 2.45) is 0 Å². The summed E-state index contributed by atoms with van der Waals surface area (Å²) in [7, 11) is 0. The Morgan fingerprint density at radius 1 is 0.900 bits per heavy atom. The van der Waals surface area contributed by atoms with Crippen molar-refractivity contribution in [3.63, 3.8) is 0 Å². The smallest absolute Gasteiger partial charge is 0.305 e. The van der Waals surface area contributed by atoms with Crippen molar-refractivity contribution in [3.05, 3.63) is 0 Å². The fourth-order valence-electron chi connectivity index (χ4n) is 1.70. The van der Waals surface area contributed by atoms with Crippen LogP contribution in [0.15, 0.2) is 0 Å². The van der Waals surface area contributed by atoms with Gasteiger partial charge in [0.2, 0.25) is 0 Å². The third-order valence-electron chi connectivity index (χ3n) is 2.83. The number of carbonyl (C=O) groups is 2. The molecule has 0 bridgehead atoms. The van der Waals surface area contributed by atoms with E-state index < -0.39 is 30.3 Å². The summed E-state index contributed by atoms with van der Waals surface area (Å²) in [5.41, 5.74) is 0. The number of hydrogen-bond donors (Lipinski definition) is 4. The summed E-state index contributed by atoms with van der Waals surface area (Å²) >= 11 is 0. The first kappa shape index (κ1) is 18.8. The minimum absolute atomic E-state index is 0.143. The standard InChI is InChI=1S/C13H24O7/c1-9(14)20-7-6-11(16)3-2-10(15)4-5-12(17)8-13(18)19/h10-12,15-17H,2-8H2,1H3,(H,18,19). The Labute approximate surface area is 118 Å². The molecule has 20 heavy (non-hydrogen) atoms. The van der Waals surface area contributed by atoms with Crippen LogP contribution in [0.5, 0.6) is 0 Å². The molecule has 0 heterocycles. The van der Waals surface area contributed by atoms with Gasteiger partial charge in [-0.1, -0.05) is 0 Å². The molecule has 0 aliphatic rings. The van der Waals surface area contributed by atoms with Gasteiger partial charge in [-0.3, -0.25) is 9.59 Å². The van der Waals surface area contributed by atoms with E-state index in [1.807, 2.05) is 0 Å². The van der Waals surface area contributed by atoms with E-state index >= 15 is 0 Å². The van der Waals surface area contributed by atoms with Gasteiger partial charge in [0.15, 0.2) is 0 Å². The zero-order chi connectivity index (χ0) is 15.5. The molecule has 3 unspecified atom stereocenters. The van der Waals surface area contributed by atoms with Gasteiger partial charge in [0.1, 0.15) is 0 Å². The molecular weight excluding hydrogens is 268 g/mol. The van der Waals surface area contributed by atoms with Crippen molar-refractivity contribution in [1.29, 1.82) is 0 Å². The van der Waals surface area contributed by atoms with Gasteiger partial charge in [0.25, 0.3) is 0 Å². The number of aliphatic carboxylic acids is 1. The minimum Gasteiger partial charge on any atom is -0.481 e. The van der Waals surface area contributed by atoms with Gasteiger partial charge in [-0.05, 0) is 25.7 Å². The number of rotatable bonds is 11. The number of carbonyl (C=O) groups excluding carboxylic acids is 1. The lowest BCUT2D eigenvalue weighted by Crippen LogP contribution is -2.19. The van der Waals surface area contributed by atoms with E-state index in [0.29, 0.717) is 19.3 Å². The van der Waals surface area contributed by atoms with Crippen molar-refractivity contribution < 1.29 is 34.8 Å². The largest absolute Gasteiger partial charge is 0.481 e. The molecule has 3 atom stereocenters. The third kappa shape index (κ3) is 11.9. The summed E-state index contributed by atoms with van der Waals surface area (Å²) < 4.78 is 4.69. The third-order valence-corrected chi connectivity index (χ3v) is 2.83. The van der Waals surface area contributed by atoms with E-state index in [1.54, 1.807) is 0 Å². The quantitative estimate of drug-likeness (QED) is 0.397. The molecule has 7 nitrogen and oxygen atoms in total. The van der Waals surface area contributed by atoms with Crippen LogP contribution in [-0.2, 0) is 14.3 Å². The van der Waals surface area contributed by atoms with Gasteiger partial charge in [0.05, 0.1) is 31.3 Å². The number of aliphatic hydroxyl groups excluding tert-OH is 3. The van der Waals surface area contributed by atoms with Crippen molar-refractivity contribution in [2.45, 2.75) is 63.8 Å². The fourth-order valence-corrected chi connectivity index (χ4v) is 1.70. The Morgan fingerprint density at radius 3 is 1.80 bits per heavy atom. The molecule has 0 aliphatic heterocycles. The highest BCUT2D eigenvalue weighted by Gasteiger charge is 2.14. The van der Waals surface area contributed by atoms with Crippen LogP contribution in [0, 0.1) is 0 Å². The van der Waals surface area contributed by atoms with Gasteiger partial charge in [-0.2, -0.15) is 0 Å². The Bertz CT molecular complexity index is 292. The second kappa shape index (κ2) is 10.6. The van der Waals surface area contributed by atoms with Crippen LogP contribution in [0.1, 0.15) is 45.4 Å². The average molecular weight is 292 g/mol. The highest BCUT2D eigenvalue weighted by Crippen LogP contribution is 2.12. The van der Waals surface area contributed by atoms with Crippen LogP contribution < -0.4 is 0 Å². The number of carboxylic acids is 1. The molecule has 0 aliphatic carbocycles. The molecule has 0 saturated carbocycles. The molecule has 7 heteroatoms. The summed E-state index contributed by atoms with van der Waals surface area (Å²) in [5.74, 6) is -1.47. The van der Waals surface area contributed by atoms with E-state index in [9.17, 15) is 24.9 Å².